The number of nitrogens with one attached hydrogen (secondary N) is 2. The summed E-state index contributed by atoms with van der Waals surface area (Å²) in [6, 6.07) is 25.5. The Kier molecular flexibility index (Phi) is 7.80. The summed E-state index contributed by atoms with van der Waals surface area (Å²) in [5, 5.41) is 17.5. The number of anilines is 1. The molecule has 0 atom stereocenters. The molecular formula is C33H30FN3O5. The summed E-state index contributed by atoms with van der Waals surface area (Å²) in [6.07, 6.45) is 0. The molecule has 0 bridgehead atoms. The number of nitrogens with zero attached hydrogens (tertiary/aromatic N) is 1. The molecule has 1 aromatic heterocycles. The van der Waals surface area contributed by atoms with Gasteiger partial charge in [-0.25, -0.2) is 4.39 Å². The lowest BCUT2D eigenvalue weighted by molar-refractivity contribution is -0.00996. The fourth-order valence-corrected chi connectivity index (χ4v) is 4.95. The van der Waals surface area contributed by atoms with Gasteiger partial charge >= 0.3 is 0 Å². The summed E-state index contributed by atoms with van der Waals surface area (Å²) in [7, 11) is 2.75. The lowest BCUT2D eigenvalue weighted by Crippen LogP contribution is -2.40. The van der Waals surface area contributed by atoms with Crippen molar-refractivity contribution in [1.29, 1.82) is 0 Å². The first-order chi connectivity index (χ1) is 20.1. The predicted octanol–water partition coefficient (Wildman–Crippen LogP) is 6.69. The molecule has 0 aliphatic carbocycles. The molecule has 3 N–H and O–H groups in total. The smallest absolute Gasteiger partial charge is 0.255 e. The van der Waals surface area contributed by atoms with Crippen molar-refractivity contribution in [2.24, 2.45) is 0 Å². The van der Waals surface area contributed by atoms with Crippen LogP contribution in [0.25, 0.3) is 33.4 Å². The Morgan fingerprint density at radius 2 is 1.62 bits per heavy atom. The van der Waals surface area contributed by atoms with Crippen LogP contribution in [0, 0.1) is 5.82 Å². The van der Waals surface area contributed by atoms with E-state index in [-0.39, 0.29) is 28.3 Å². The van der Waals surface area contributed by atoms with E-state index in [4.69, 9.17) is 9.25 Å². The summed E-state index contributed by atoms with van der Waals surface area (Å²) >= 11 is 0. The fraction of sp³-hybridized carbons (Fsp3) is 0.152. The first kappa shape index (κ1) is 28.5. The fourth-order valence-electron chi connectivity index (χ4n) is 4.95. The van der Waals surface area contributed by atoms with Crippen molar-refractivity contribution in [1.82, 2.24) is 10.6 Å². The van der Waals surface area contributed by atoms with Crippen LogP contribution in [0.1, 0.15) is 40.1 Å². The van der Waals surface area contributed by atoms with Gasteiger partial charge in [0.1, 0.15) is 22.8 Å². The number of hydrogen-bond donors (Lipinski definition) is 3. The van der Waals surface area contributed by atoms with E-state index in [9.17, 15) is 19.2 Å². The summed E-state index contributed by atoms with van der Waals surface area (Å²) < 4.78 is 19.8. The molecule has 0 saturated heterocycles. The highest BCUT2D eigenvalue weighted by atomic mass is 19.1. The first-order valence-corrected chi connectivity index (χ1v) is 13.2. The molecule has 0 spiro atoms. The minimum Gasteiger partial charge on any atom is -0.455 e. The average Bonchev–Trinajstić information content (AvgIpc) is 3.40. The third-order valence-corrected chi connectivity index (χ3v) is 7.11. The minimum absolute atomic E-state index is 0.130. The van der Waals surface area contributed by atoms with Gasteiger partial charge in [-0.15, -0.1) is 5.23 Å². The second-order valence-electron chi connectivity index (χ2n) is 10.2. The van der Waals surface area contributed by atoms with Crippen molar-refractivity contribution >= 4 is 28.5 Å². The highest BCUT2D eigenvalue weighted by Gasteiger charge is 2.29. The van der Waals surface area contributed by atoms with Crippen LogP contribution in [0.2, 0.25) is 0 Å². The van der Waals surface area contributed by atoms with E-state index >= 15 is 0 Å². The van der Waals surface area contributed by atoms with Crippen LogP contribution in [0.4, 0.5) is 10.1 Å². The second-order valence-corrected chi connectivity index (χ2v) is 10.2. The summed E-state index contributed by atoms with van der Waals surface area (Å²) in [6.45, 7) is 3.85. The molecule has 0 fully saturated rings. The van der Waals surface area contributed by atoms with E-state index in [1.165, 1.54) is 38.4 Å². The molecule has 5 aromatic rings. The molecule has 0 radical (unpaired) electrons. The molecular weight excluding hydrogens is 537 g/mol. The van der Waals surface area contributed by atoms with E-state index in [1.54, 1.807) is 36.4 Å². The van der Waals surface area contributed by atoms with E-state index in [0.29, 0.717) is 33.1 Å². The number of amides is 2. The van der Waals surface area contributed by atoms with E-state index < -0.39 is 17.3 Å². The number of hydrogen-bond acceptors (Lipinski definition) is 6. The Balaban J connectivity index is 1.65. The molecule has 9 heteroatoms. The van der Waals surface area contributed by atoms with E-state index in [2.05, 4.69) is 10.6 Å². The SMILES string of the molecule is CNC(=O)c1c(-c2ccc(F)cc2)oc2ccc(-c3cccc(C(=O)NC(C)(C)c4ccccc4)c3)c(N(O)OC)c12. The molecule has 1 heterocycles. The minimum atomic E-state index is -0.633. The lowest BCUT2D eigenvalue weighted by Gasteiger charge is -2.27. The van der Waals surface area contributed by atoms with Gasteiger partial charge in [0.15, 0.2) is 0 Å². The zero-order valence-electron chi connectivity index (χ0n) is 23.6. The molecule has 8 nitrogen and oxygen atoms in total. The van der Waals surface area contributed by atoms with Crippen molar-refractivity contribution in [3.63, 3.8) is 0 Å². The number of benzene rings is 4. The van der Waals surface area contributed by atoms with Gasteiger partial charge in [-0.3, -0.25) is 19.6 Å². The zero-order valence-corrected chi connectivity index (χ0v) is 23.6. The van der Waals surface area contributed by atoms with Gasteiger partial charge < -0.3 is 15.1 Å². The normalized spacial score (nSPS) is 11.4. The maximum atomic E-state index is 13.7. The number of carbonyl (C=O) groups is 2. The number of carbonyl (C=O) groups excluding carboxylic acids is 2. The van der Waals surface area contributed by atoms with Crippen LogP contribution in [0.3, 0.4) is 0 Å². The van der Waals surface area contributed by atoms with Gasteiger partial charge in [0, 0.05) is 23.7 Å². The Hall–Kier alpha value is -4.99. The largest absolute Gasteiger partial charge is 0.455 e. The van der Waals surface area contributed by atoms with Gasteiger partial charge in [0.05, 0.1) is 23.6 Å². The van der Waals surface area contributed by atoms with E-state index in [1.807, 2.05) is 44.2 Å². The molecule has 0 aliphatic rings. The quantitative estimate of drug-likeness (QED) is 0.181. The van der Waals surface area contributed by atoms with Crippen molar-refractivity contribution < 1.29 is 28.4 Å². The first-order valence-electron chi connectivity index (χ1n) is 13.2. The highest BCUT2D eigenvalue weighted by molar-refractivity contribution is 6.17. The van der Waals surface area contributed by atoms with Crippen molar-refractivity contribution in [3.8, 4) is 22.5 Å². The molecule has 5 rings (SSSR count). The van der Waals surface area contributed by atoms with Crippen molar-refractivity contribution in [3.05, 3.63) is 114 Å². The van der Waals surface area contributed by atoms with Crippen LogP contribution in [0.15, 0.2) is 95.4 Å². The van der Waals surface area contributed by atoms with Crippen LogP contribution >= 0.6 is 0 Å². The van der Waals surface area contributed by atoms with Gasteiger partial charge in [0.25, 0.3) is 11.8 Å². The molecule has 214 valence electrons. The third-order valence-electron chi connectivity index (χ3n) is 7.11. The van der Waals surface area contributed by atoms with Gasteiger partial charge in [0.2, 0.25) is 0 Å². The van der Waals surface area contributed by atoms with Gasteiger partial charge in [-0.05, 0) is 73.5 Å². The van der Waals surface area contributed by atoms with Crippen molar-refractivity contribution in [2.45, 2.75) is 19.4 Å². The number of rotatable bonds is 8. The monoisotopic (exact) mass is 567 g/mol. The van der Waals surface area contributed by atoms with Crippen molar-refractivity contribution in [2.75, 3.05) is 19.4 Å². The third kappa shape index (κ3) is 5.35. The predicted molar refractivity (Wildman–Crippen MR) is 159 cm³/mol. The van der Waals surface area contributed by atoms with Gasteiger partial charge in [-0.1, -0.05) is 42.5 Å². The summed E-state index contributed by atoms with van der Waals surface area (Å²) in [5.74, 6) is -0.999. The van der Waals surface area contributed by atoms with Gasteiger partial charge in [-0.2, -0.15) is 0 Å². The lowest BCUT2D eigenvalue weighted by atomic mass is 9.93. The summed E-state index contributed by atoms with van der Waals surface area (Å²) in [5.41, 5.74) is 2.81. The number of halogens is 1. The standard InChI is InChI=1S/C33H30FN3O5/c1-33(2,23-11-6-5-7-12-23)36-31(38)22-10-8-9-21(19-22)25-17-18-26-27(29(25)37(40)41-4)28(32(39)35-3)30(42-26)20-13-15-24(34)16-14-20/h5-19,40H,1-4H3,(H,35,39)(H,36,38). The molecule has 0 saturated carbocycles. The Labute approximate surface area is 242 Å². The highest BCUT2D eigenvalue weighted by Crippen LogP contribution is 2.44. The Morgan fingerprint density at radius 3 is 2.29 bits per heavy atom. The molecule has 0 aliphatic heterocycles. The summed E-state index contributed by atoms with van der Waals surface area (Å²) in [4.78, 5) is 31.8. The van der Waals surface area contributed by atoms with Crippen LogP contribution in [0.5, 0.6) is 0 Å². The molecule has 42 heavy (non-hydrogen) atoms. The average molecular weight is 568 g/mol. The second kappa shape index (κ2) is 11.5. The molecule has 4 aromatic carbocycles. The van der Waals surface area contributed by atoms with Crippen LogP contribution in [-0.2, 0) is 10.4 Å². The maximum absolute atomic E-state index is 13.7. The number of furan rings is 1. The zero-order chi connectivity index (χ0) is 30.0. The maximum Gasteiger partial charge on any atom is 0.255 e. The number of fused-ring (bicyclic) bond motifs is 1. The Bertz CT molecular complexity index is 1760. The van der Waals surface area contributed by atoms with Crippen LogP contribution < -0.4 is 15.9 Å². The molecule has 0 unspecified atom stereocenters. The van der Waals surface area contributed by atoms with Crippen LogP contribution in [-0.4, -0.2) is 31.2 Å². The molecule has 2 amide bonds. The topological polar surface area (TPSA) is 104 Å². The Morgan fingerprint density at radius 1 is 0.905 bits per heavy atom. The van der Waals surface area contributed by atoms with E-state index in [0.717, 1.165) is 5.56 Å².